The lowest BCUT2D eigenvalue weighted by Crippen LogP contribution is -2.28. The minimum Gasteiger partial charge on any atom is -0.478 e. The molecule has 10 heteroatoms. The number of carboxylic acids is 1. The third-order valence-electron chi connectivity index (χ3n) is 2.92. The molecule has 0 aliphatic carbocycles. The molecule has 0 saturated heterocycles. The second-order valence-corrected chi connectivity index (χ2v) is 9.80. The summed E-state index contributed by atoms with van der Waals surface area (Å²) in [5.41, 5.74) is -0.441. The average Bonchev–Trinajstić information content (AvgIpc) is 2.36. The highest BCUT2D eigenvalue weighted by Crippen LogP contribution is 2.19. The minimum absolute atomic E-state index is 0.103. The molecule has 0 fully saturated rings. The van der Waals surface area contributed by atoms with E-state index in [1.165, 1.54) is 13.8 Å². The van der Waals surface area contributed by atoms with Crippen LogP contribution in [-0.4, -0.2) is 51.1 Å². The Morgan fingerprint density at radius 1 is 1.13 bits per heavy atom. The molecule has 23 heavy (non-hydrogen) atoms. The monoisotopic (exact) mass is 363 g/mol. The van der Waals surface area contributed by atoms with Crippen LogP contribution in [0.1, 0.15) is 24.2 Å². The van der Waals surface area contributed by atoms with Crippen LogP contribution in [0, 0.1) is 0 Å². The first-order chi connectivity index (χ1) is 10.3. The van der Waals surface area contributed by atoms with Crippen molar-refractivity contribution in [3.63, 3.8) is 0 Å². The molecular formula is C13H17NO7S2. The fourth-order valence-corrected chi connectivity index (χ4v) is 3.01. The summed E-state index contributed by atoms with van der Waals surface area (Å²) in [7, 11) is -7.33. The topological polar surface area (TPSA) is 135 Å². The molecule has 1 rings (SSSR count). The summed E-state index contributed by atoms with van der Waals surface area (Å²) >= 11 is 0. The Bertz CT molecular complexity index is 839. The number of benzene rings is 1. The average molecular weight is 363 g/mol. The van der Waals surface area contributed by atoms with Crippen LogP contribution in [0.4, 0.5) is 5.69 Å². The molecule has 0 heterocycles. The molecule has 8 nitrogen and oxygen atoms in total. The molecule has 0 radical (unpaired) electrons. The molecule has 0 saturated carbocycles. The predicted octanol–water partition coefficient (Wildman–Crippen LogP) is 0.550. The van der Waals surface area contributed by atoms with Crippen molar-refractivity contribution in [1.29, 1.82) is 0 Å². The zero-order chi connectivity index (χ0) is 18.0. The number of hydrogen-bond donors (Lipinski definition) is 2. The van der Waals surface area contributed by atoms with Crippen LogP contribution in [0.2, 0.25) is 0 Å². The molecule has 0 aliphatic rings. The van der Waals surface area contributed by atoms with E-state index >= 15 is 0 Å². The third kappa shape index (κ3) is 5.32. The SMILES string of the molecule is CC(C)S(=O)(=O)CC(=O)Nc1cc(C(=O)O)cc(S(C)(=O)=O)c1. The van der Waals surface area contributed by atoms with Crippen molar-refractivity contribution >= 4 is 37.2 Å². The Hall–Kier alpha value is -1.94. The normalized spacial score (nSPS) is 12.2. The molecule has 2 N–H and O–H groups in total. The molecule has 0 atom stereocenters. The third-order valence-corrected chi connectivity index (χ3v) is 6.11. The number of hydrogen-bond acceptors (Lipinski definition) is 6. The number of sulfone groups is 2. The maximum Gasteiger partial charge on any atom is 0.335 e. The predicted molar refractivity (Wildman–Crippen MR) is 84.1 cm³/mol. The highest BCUT2D eigenvalue weighted by Gasteiger charge is 2.21. The number of amides is 1. The molecule has 0 aliphatic heterocycles. The molecule has 0 aromatic heterocycles. The Morgan fingerprint density at radius 3 is 2.13 bits per heavy atom. The lowest BCUT2D eigenvalue weighted by molar-refractivity contribution is -0.113. The number of carboxylic acid groups (broad SMARTS) is 1. The van der Waals surface area contributed by atoms with Gasteiger partial charge in [-0.1, -0.05) is 0 Å². The lowest BCUT2D eigenvalue weighted by atomic mass is 10.2. The highest BCUT2D eigenvalue weighted by atomic mass is 32.2. The smallest absolute Gasteiger partial charge is 0.335 e. The lowest BCUT2D eigenvalue weighted by Gasteiger charge is -2.10. The summed E-state index contributed by atoms with van der Waals surface area (Å²) in [5, 5.41) is 10.5. The summed E-state index contributed by atoms with van der Waals surface area (Å²) in [5.74, 6) is -3.03. The number of rotatable bonds is 6. The Morgan fingerprint density at radius 2 is 1.70 bits per heavy atom. The van der Waals surface area contributed by atoms with Gasteiger partial charge in [0.1, 0.15) is 5.75 Å². The first-order valence-corrected chi connectivity index (χ1v) is 10.0. The molecule has 128 valence electrons. The van der Waals surface area contributed by atoms with Gasteiger partial charge in [0.15, 0.2) is 19.7 Å². The molecule has 0 spiro atoms. The summed E-state index contributed by atoms with van der Waals surface area (Å²) in [6.07, 6.45) is 0.892. The number of aromatic carboxylic acids is 1. The molecule has 0 unspecified atom stereocenters. The number of anilines is 1. The zero-order valence-electron chi connectivity index (χ0n) is 12.7. The van der Waals surface area contributed by atoms with E-state index in [1.807, 2.05) is 0 Å². The zero-order valence-corrected chi connectivity index (χ0v) is 14.4. The number of carbonyl (C=O) groups excluding carboxylic acids is 1. The van der Waals surface area contributed by atoms with Crippen molar-refractivity contribution < 1.29 is 31.5 Å². The second kappa shape index (κ2) is 6.67. The van der Waals surface area contributed by atoms with Gasteiger partial charge >= 0.3 is 5.97 Å². The van der Waals surface area contributed by atoms with E-state index in [9.17, 15) is 26.4 Å². The van der Waals surface area contributed by atoms with Crippen molar-refractivity contribution in [3.05, 3.63) is 23.8 Å². The number of nitrogens with one attached hydrogen (secondary N) is 1. The van der Waals surface area contributed by atoms with Crippen molar-refractivity contribution in [3.8, 4) is 0 Å². The van der Waals surface area contributed by atoms with Gasteiger partial charge in [-0.2, -0.15) is 0 Å². The van der Waals surface area contributed by atoms with Gasteiger partial charge in [0.25, 0.3) is 0 Å². The van der Waals surface area contributed by atoms with Crippen molar-refractivity contribution in [2.24, 2.45) is 0 Å². The van der Waals surface area contributed by atoms with Gasteiger partial charge in [-0.3, -0.25) is 4.79 Å². The van der Waals surface area contributed by atoms with Crippen molar-refractivity contribution in [2.75, 3.05) is 17.3 Å². The van der Waals surface area contributed by atoms with E-state index in [1.54, 1.807) is 0 Å². The molecular weight excluding hydrogens is 346 g/mol. The van der Waals surface area contributed by atoms with E-state index in [4.69, 9.17) is 5.11 Å². The van der Waals surface area contributed by atoms with Gasteiger partial charge in [0.2, 0.25) is 5.91 Å². The Balaban J connectivity index is 3.16. The van der Waals surface area contributed by atoms with Crippen molar-refractivity contribution in [2.45, 2.75) is 24.0 Å². The Kier molecular flexibility index (Phi) is 5.54. The largest absolute Gasteiger partial charge is 0.478 e. The summed E-state index contributed by atoms with van der Waals surface area (Å²) < 4.78 is 46.5. The standard InChI is InChI=1S/C13H17NO7S2/c1-8(2)23(20,21)7-12(15)14-10-4-9(13(16)17)5-11(6-10)22(3,18)19/h4-6,8H,7H2,1-3H3,(H,14,15)(H,16,17). The van der Waals surface area contributed by atoms with Gasteiger partial charge in [0, 0.05) is 11.9 Å². The summed E-state index contributed by atoms with van der Waals surface area (Å²) in [6, 6.07) is 3.08. The molecule has 1 aromatic rings. The molecule has 1 amide bonds. The van der Waals surface area contributed by atoms with Crippen LogP contribution in [-0.2, 0) is 24.5 Å². The van der Waals surface area contributed by atoms with E-state index in [2.05, 4.69) is 5.32 Å². The van der Waals surface area contributed by atoms with Gasteiger partial charge in [-0.15, -0.1) is 0 Å². The van der Waals surface area contributed by atoms with Gasteiger partial charge < -0.3 is 10.4 Å². The fourth-order valence-electron chi connectivity index (χ4n) is 1.56. The van der Waals surface area contributed by atoms with Crippen LogP contribution < -0.4 is 5.32 Å². The summed E-state index contributed by atoms with van der Waals surface area (Å²) in [4.78, 5) is 22.5. The maximum atomic E-state index is 11.8. The van der Waals surface area contributed by atoms with Gasteiger partial charge in [-0.25, -0.2) is 21.6 Å². The summed E-state index contributed by atoms with van der Waals surface area (Å²) in [6.45, 7) is 2.85. The maximum absolute atomic E-state index is 11.8. The number of carbonyl (C=O) groups is 2. The van der Waals surface area contributed by atoms with Crippen LogP contribution >= 0.6 is 0 Å². The van der Waals surface area contributed by atoms with Crippen LogP contribution in [0.15, 0.2) is 23.1 Å². The van der Waals surface area contributed by atoms with Crippen LogP contribution in [0.3, 0.4) is 0 Å². The molecule has 0 bridgehead atoms. The molecule has 1 aromatic carbocycles. The van der Waals surface area contributed by atoms with E-state index < -0.39 is 42.6 Å². The van der Waals surface area contributed by atoms with E-state index in [0.717, 1.165) is 24.5 Å². The Labute approximate surface area is 134 Å². The minimum atomic E-state index is -3.70. The fraction of sp³-hybridized carbons (Fsp3) is 0.385. The van der Waals surface area contributed by atoms with E-state index in [0.29, 0.717) is 0 Å². The highest BCUT2D eigenvalue weighted by molar-refractivity contribution is 7.92. The first-order valence-electron chi connectivity index (χ1n) is 6.43. The van der Waals surface area contributed by atoms with Crippen LogP contribution in [0.5, 0.6) is 0 Å². The first kappa shape index (κ1) is 19.1. The second-order valence-electron chi connectivity index (χ2n) is 5.23. The quantitative estimate of drug-likeness (QED) is 0.753. The van der Waals surface area contributed by atoms with Crippen molar-refractivity contribution in [1.82, 2.24) is 0 Å². The van der Waals surface area contributed by atoms with E-state index in [-0.39, 0.29) is 16.1 Å². The van der Waals surface area contributed by atoms with Crippen LogP contribution in [0.25, 0.3) is 0 Å². The van der Waals surface area contributed by atoms with Gasteiger partial charge in [-0.05, 0) is 32.0 Å². The van der Waals surface area contributed by atoms with Gasteiger partial charge in [0.05, 0.1) is 15.7 Å².